The van der Waals surface area contributed by atoms with Crippen LogP contribution in [0.25, 0.3) is 0 Å². The number of ether oxygens (including phenoxy) is 1. The highest BCUT2D eigenvalue weighted by Gasteiger charge is 2.56. The molecule has 1 aromatic rings. The smallest absolute Gasteiger partial charge is 0.347 e. The van der Waals surface area contributed by atoms with Crippen LogP contribution in [0.2, 0.25) is 0 Å². The Bertz CT molecular complexity index is 720. The van der Waals surface area contributed by atoms with E-state index in [1.54, 1.807) is 0 Å². The van der Waals surface area contributed by atoms with Crippen LogP contribution in [0.1, 0.15) is 13.2 Å². The van der Waals surface area contributed by atoms with E-state index in [0.717, 1.165) is 6.20 Å². The molecule has 9 nitrogen and oxygen atoms in total. The van der Waals surface area contributed by atoms with Crippen LogP contribution >= 0.6 is 0 Å². The highest BCUT2D eigenvalue weighted by molar-refractivity contribution is 5.25. The summed E-state index contributed by atoms with van der Waals surface area (Å²) in [4.78, 5) is 24.8. The predicted octanol–water partition coefficient (Wildman–Crippen LogP) is -2.76. The molecule has 120 valence electrons. The number of aromatic amines is 1. The zero-order valence-electron chi connectivity index (χ0n) is 11.6. The standard InChI is InChI=1S/C12H15FN4O5/c1-6(18)8-9(20)12(14,3-2-4-13)10(22-8)17-11(21)16-7(19)5-15-17/h5-6,8-10,18,20H,4,14H2,1H3,(H,16,19,21)/t6-,8+,9-,10+,12?/m0/s1. The molecule has 2 rings (SSSR count). The van der Waals surface area contributed by atoms with Gasteiger partial charge < -0.3 is 20.7 Å². The van der Waals surface area contributed by atoms with Crippen LogP contribution in [-0.2, 0) is 4.74 Å². The van der Waals surface area contributed by atoms with E-state index in [4.69, 9.17) is 10.5 Å². The van der Waals surface area contributed by atoms with Crippen molar-refractivity contribution in [2.24, 2.45) is 5.73 Å². The Labute approximate surface area is 123 Å². The molecule has 1 aliphatic heterocycles. The summed E-state index contributed by atoms with van der Waals surface area (Å²) in [6.45, 7) is 0.327. The Hall–Kier alpha value is -2.06. The number of H-pyrrole nitrogens is 1. The Kier molecular flexibility index (Phi) is 4.43. The van der Waals surface area contributed by atoms with Gasteiger partial charge in [-0.15, -0.1) is 0 Å². The van der Waals surface area contributed by atoms with Crippen molar-refractivity contribution in [1.29, 1.82) is 0 Å². The molecule has 22 heavy (non-hydrogen) atoms. The third kappa shape index (κ3) is 2.67. The number of nitrogens with one attached hydrogen (secondary N) is 1. The first kappa shape index (κ1) is 16.3. The first-order valence-electron chi connectivity index (χ1n) is 6.36. The summed E-state index contributed by atoms with van der Waals surface area (Å²) in [5, 5.41) is 23.5. The van der Waals surface area contributed by atoms with Gasteiger partial charge in [-0.05, 0) is 6.92 Å². The summed E-state index contributed by atoms with van der Waals surface area (Å²) in [6, 6.07) is 0. The highest BCUT2D eigenvalue weighted by atomic mass is 19.1. The summed E-state index contributed by atoms with van der Waals surface area (Å²) >= 11 is 0. The molecular weight excluding hydrogens is 299 g/mol. The summed E-state index contributed by atoms with van der Waals surface area (Å²) in [7, 11) is 0. The van der Waals surface area contributed by atoms with Crippen molar-refractivity contribution in [3.05, 3.63) is 27.0 Å². The van der Waals surface area contributed by atoms with E-state index in [-0.39, 0.29) is 0 Å². The number of nitrogens with two attached hydrogens (primary N) is 1. The lowest BCUT2D eigenvalue weighted by Crippen LogP contribution is -2.56. The molecule has 0 spiro atoms. The lowest BCUT2D eigenvalue weighted by molar-refractivity contribution is -0.0817. The Morgan fingerprint density at radius 1 is 1.68 bits per heavy atom. The van der Waals surface area contributed by atoms with Crippen molar-refractivity contribution in [3.8, 4) is 11.8 Å². The summed E-state index contributed by atoms with van der Waals surface area (Å²) in [5.41, 5.74) is 2.43. The molecule has 0 aliphatic carbocycles. The highest BCUT2D eigenvalue weighted by Crippen LogP contribution is 2.36. The molecule has 1 fully saturated rings. The van der Waals surface area contributed by atoms with Gasteiger partial charge in [-0.3, -0.25) is 9.78 Å². The summed E-state index contributed by atoms with van der Waals surface area (Å²) < 4.78 is 18.4. The topological polar surface area (TPSA) is 143 Å². The van der Waals surface area contributed by atoms with Crippen LogP contribution in [0.5, 0.6) is 0 Å². The number of alkyl halides is 1. The Morgan fingerprint density at radius 2 is 2.36 bits per heavy atom. The maximum Gasteiger partial charge on any atom is 0.347 e. The minimum absolute atomic E-state index is 0.680. The van der Waals surface area contributed by atoms with Gasteiger partial charge in [-0.1, -0.05) is 11.8 Å². The van der Waals surface area contributed by atoms with E-state index in [1.807, 2.05) is 4.98 Å². The molecular formula is C12H15FN4O5. The zero-order chi connectivity index (χ0) is 16.5. The van der Waals surface area contributed by atoms with Gasteiger partial charge in [0, 0.05) is 0 Å². The third-order valence-corrected chi connectivity index (χ3v) is 3.30. The van der Waals surface area contributed by atoms with Crippen molar-refractivity contribution in [3.63, 3.8) is 0 Å². The van der Waals surface area contributed by atoms with E-state index in [9.17, 15) is 24.2 Å². The fraction of sp³-hybridized carbons (Fsp3) is 0.583. The lowest BCUT2D eigenvalue weighted by atomic mass is 9.90. The Balaban J connectivity index is 2.55. The van der Waals surface area contributed by atoms with E-state index in [0.29, 0.717) is 4.68 Å². The minimum atomic E-state index is -1.89. The second-order valence-corrected chi connectivity index (χ2v) is 4.89. The average Bonchev–Trinajstić information content (AvgIpc) is 2.70. The van der Waals surface area contributed by atoms with E-state index in [1.165, 1.54) is 6.92 Å². The SMILES string of the molecule is C[C@H](O)[C@H]1O[C@@H](n2ncc(=O)[nH]c2=O)C(N)(C#CCF)[C@H]1O. The fourth-order valence-electron chi connectivity index (χ4n) is 2.24. The van der Waals surface area contributed by atoms with Crippen LogP contribution < -0.4 is 17.0 Å². The van der Waals surface area contributed by atoms with Gasteiger partial charge in [0.15, 0.2) is 11.8 Å². The van der Waals surface area contributed by atoms with Gasteiger partial charge in [0.1, 0.15) is 25.1 Å². The maximum absolute atomic E-state index is 12.3. The van der Waals surface area contributed by atoms with Crippen LogP contribution in [-0.4, -0.2) is 55.5 Å². The van der Waals surface area contributed by atoms with Crippen LogP contribution in [0.4, 0.5) is 4.39 Å². The third-order valence-electron chi connectivity index (χ3n) is 3.30. The molecule has 0 radical (unpaired) electrons. The van der Waals surface area contributed by atoms with Crippen molar-refractivity contribution in [2.75, 3.05) is 6.67 Å². The molecule has 5 N–H and O–H groups in total. The number of hydrogen-bond acceptors (Lipinski definition) is 7. The molecule has 0 aromatic carbocycles. The van der Waals surface area contributed by atoms with Crippen molar-refractivity contribution >= 4 is 0 Å². The molecule has 0 bridgehead atoms. The van der Waals surface area contributed by atoms with Crippen molar-refractivity contribution in [1.82, 2.24) is 14.8 Å². The number of rotatable bonds is 2. The molecule has 1 unspecified atom stereocenters. The molecule has 1 aliphatic rings. The van der Waals surface area contributed by atoms with Crippen LogP contribution in [0.15, 0.2) is 15.8 Å². The number of aliphatic hydroxyl groups is 2. The fourth-order valence-corrected chi connectivity index (χ4v) is 2.24. The maximum atomic E-state index is 12.3. The van der Waals surface area contributed by atoms with Crippen LogP contribution in [0, 0.1) is 11.8 Å². The monoisotopic (exact) mass is 314 g/mol. The number of aliphatic hydroxyl groups excluding tert-OH is 2. The summed E-state index contributed by atoms with van der Waals surface area (Å²) in [5.74, 6) is 4.38. The average molecular weight is 314 g/mol. The number of nitrogens with zero attached hydrogens (tertiary/aromatic N) is 2. The molecule has 2 heterocycles. The van der Waals surface area contributed by atoms with Crippen molar-refractivity contribution in [2.45, 2.75) is 37.0 Å². The van der Waals surface area contributed by atoms with Crippen molar-refractivity contribution < 1.29 is 19.3 Å². The second kappa shape index (κ2) is 5.98. The molecule has 0 saturated carbocycles. The molecule has 1 saturated heterocycles. The quantitative estimate of drug-likeness (QED) is 0.433. The summed E-state index contributed by atoms with van der Waals surface area (Å²) in [6.07, 6.45) is -4.39. The first-order valence-corrected chi connectivity index (χ1v) is 6.36. The number of halogens is 1. The zero-order valence-corrected chi connectivity index (χ0v) is 11.6. The van der Waals surface area contributed by atoms with Gasteiger partial charge in [0.25, 0.3) is 5.56 Å². The number of aromatic nitrogens is 3. The van der Waals surface area contributed by atoms with Gasteiger partial charge in [0.05, 0.1) is 6.10 Å². The van der Waals surface area contributed by atoms with Gasteiger partial charge in [-0.2, -0.15) is 9.78 Å². The minimum Gasteiger partial charge on any atom is -0.391 e. The van der Waals surface area contributed by atoms with Gasteiger partial charge in [-0.25, -0.2) is 9.18 Å². The predicted molar refractivity (Wildman–Crippen MR) is 71.4 cm³/mol. The van der Waals surface area contributed by atoms with E-state index < -0.39 is 48.0 Å². The van der Waals surface area contributed by atoms with Gasteiger partial charge >= 0.3 is 5.69 Å². The first-order chi connectivity index (χ1) is 10.3. The molecule has 10 heteroatoms. The molecule has 1 aromatic heterocycles. The van der Waals surface area contributed by atoms with E-state index >= 15 is 0 Å². The Morgan fingerprint density at radius 3 is 2.91 bits per heavy atom. The normalized spacial score (nSPS) is 32.3. The number of hydrogen-bond donors (Lipinski definition) is 4. The van der Waals surface area contributed by atoms with Crippen LogP contribution in [0.3, 0.4) is 0 Å². The largest absolute Gasteiger partial charge is 0.391 e. The van der Waals surface area contributed by atoms with E-state index in [2.05, 4.69) is 16.9 Å². The molecule has 0 amide bonds. The lowest BCUT2D eigenvalue weighted by Gasteiger charge is -2.27. The van der Waals surface area contributed by atoms with Gasteiger partial charge in [0.2, 0.25) is 0 Å². The molecule has 5 atom stereocenters. The second-order valence-electron chi connectivity index (χ2n) is 4.89.